The molecule has 19 heavy (non-hydrogen) atoms. The average molecular weight is 287 g/mol. The summed E-state index contributed by atoms with van der Waals surface area (Å²) in [6.45, 7) is 3.76. The number of nitrogens with zero attached hydrogens (tertiary/aromatic N) is 1. The zero-order valence-corrected chi connectivity index (χ0v) is 12.6. The Bertz CT molecular complexity index is 288. The average Bonchev–Trinajstić information content (AvgIpc) is 2.41. The number of carboxylic acids is 1. The van der Waals surface area contributed by atoms with E-state index < -0.39 is 5.97 Å². The highest BCUT2D eigenvalue weighted by molar-refractivity contribution is 7.99. The molecule has 4 nitrogen and oxygen atoms in total. The van der Waals surface area contributed by atoms with Gasteiger partial charge in [0.05, 0.1) is 5.75 Å². The number of hydrogen-bond acceptors (Lipinski definition) is 3. The Kier molecular flexibility index (Phi) is 7.94. The summed E-state index contributed by atoms with van der Waals surface area (Å²) in [6, 6.07) is 0. The van der Waals surface area contributed by atoms with E-state index in [1.165, 1.54) is 12.8 Å². The zero-order valence-electron chi connectivity index (χ0n) is 11.8. The Morgan fingerprint density at radius 2 is 2.00 bits per heavy atom. The van der Waals surface area contributed by atoms with Crippen LogP contribution in [0.15, 0.2) is 0 Å². The Labute approximate surface area is 119 Å². The number of piperidine rings is 1. The van der Waals surface area contributed by atoms with Crippen LogP contribution in [0.1, 0.15) is 45.4 Å². The molecular formula is C14H25NO3S. The molecule has 0 bridgehead atoms. The van der Waals surface area contributed by atoms with Crippen molar-refractivity contribution in [2.45, 2.75) is 45.4 Å². The van der Waals surface area contributed by atoms with Gasteiger partial charge in [-0.15, -0.1) is 0 Å². The maximum absolute atomic E-state index is 11.9. The fourth-order valence-corrected chi connectivity index (χ4v) is 3.29. The lowest BCUT2D eigenvalue weighted by molar-refractivity contribution is -0.137. The first kappa shape index (κ1) is 16.3. The molecular weight excluding hydrogens is 262 g/mol. The van der Waals surface area contributed by atoms with Crippen LogP contribution >= 0.6 is 11.8 Å². The molecule has 0 spiro atoms. The minimum Gasteiger partial charge on any atom is -0.481 e. The van der Waals surface area contributed by atoms with E-state index in [4.69, 9.17) is 5.11 Å². The van der Waals surface area contributed by atoms with Crippen LogP contribution in [-0.2, 0) is 9.59 Å². The predicted molar refractivity (Wildman–Crippen MR) is 78.4 cm³/mol. The van der Waals surface area contributed by atoms with Crippen molar-refractivity contribution in [3.05, 3.63) is 0 Å². The molecule has 0 radical (unpaired) electrons. The second-order valence-corrected chi connectivity index (χ2v) is 6.27. The number of likely N-dealkylation sites (tertiary alicyclic amines) is 1. The molecule has 1 rings (SSSR count). The summed E-state index contributed by atoms with van der Waals surface area (Å²) < 4.78 is 0. The first-order valence-electron chi connectivity index (χ1n) is 7.20. The van der Waals surface area contributed by atoms with Crippen LogP contribution in [0, 0.1) is 5.92 Å². The highest BCUT2D eigenvalue weighted by Gasteiger charge is 2.22. The molecule has 0 saturated carbocycles. The molecule has 1 heterocycles. The quantitative estimate of drug-likeness (QED) is 0.697. The fraction of sp³-hybridized carbons (Fsp3) is 0.857. The van der Waals surface area contributed by atoms with Gasteiger partial charge in [0.2, 0.25) is 5.91 Å². The number of thioether (sulfide) groups is 1. The van der Waals surface area contributed by atoms with Crippen molar-refractivity contribution in [2.24, 2.45) is 5.92 Å². The highest BCUT2D eigenvalue weighted by Crippen LogP contribution is 2.22. The molecule has 1 N–H and O–H groups in total. The highest BCUT2D eigenvalue weighted by atomic mass is 32.2. The molecule has 0 aromatic rings. The normalized spacial score (nSPS) is 16.6. The van der Waals surface area contributed by atoms with Crippen LogP contribution in [0.4, 0.5) is 0 Å². The number of carbonyl (C=O) groups excluding carboxylic acids is 1. The molecule has 0 atom stereocenters. The van der Waals surface area contributed by atoms with E-state index in [1.807, 2.05) is 4.90 Å². The third-order valence-corrected chi connectivity index (χ3v) is 4.63. The van der Waals surface area contributed by atoms with Crippen LogP contribution in [0.5, 0.6) is 0 Å². The Morgan fingerprint density at radius 3 is 2.58 bits per heavy atom. The molecule has 1 aliphatic heterocycles. The lowest BCUT2D eigenvalue weighted by Gasteiger charge is -2.31. The third-order valence-electron chi connectivity index (χ3n) is 3.60. The van der Waals surface area contributed by atoms with E-state index >= 15 is 0 Å². The minimum absolute atomic E-state index is 0.248. The van der Waals surface area contributed by atoms with Crippen molar-refractivity contribution in [3.8, 4) is 0 Å². The molecule has 1 aliphatic rings. The van der Waals surface area contributed by atoms with Crippen molar-refractivity contribution in [3.63, 3.8) is 0 Å². The lowest BCUT2D eigenvalue weighted by Crippen LogP contribution is -2.39. The van der Waals surface area contributed by atoms with Gasteiger partial charge in [-0.05, 0) is 37.4 Å². The second-order valence-electron chi connectivity index (χ2n) is 5.16. The van der Waals surface area contributed by atoms with Gasteiger partial charge in [0, 0.05) is 19.5 Å². The van der Waals surface area contributed by atoms with Crippen molar-refractivity contribution >= 4 is 23.6 Å². The Hall–Kier alpha value is -0.710. The summed E-state index contributed by atoms with van der Waals surface area (Å²) in [7, 11) is 0. The zero-order chi connectivity index (χ0) is 14.1. The van der Waals surface area contributed by atoms with Gasteiger partial charge in [0.1, 0.15) is 0 Å². The van der Waals surface area contributed by atoms with Crippen LogP contribution in [0.25, 0.3) is 0 Å². The maximum atomic E-state index is 11.9. The molecule has 1 amide bonds. The van der Waals surface area contributed by atoms with Gasteiger partial charge >= 0.3 is 5.97 Å². The van der Waals surface area contributed by atoms with Gasteiger partial charge < -0.3 is 10.0 Å². The van der Waals surface area contributed by atoms with Crippen LogP contribution in [0.3, 0.4) is 0 Å². The van der Waals surface area contributed by atoms with Gasteiger partial charge in [-0.25, -0.2) is 0 Å². The first-order valence-corrected chi connectivity index (χ1v) is 8.36. The predicted octanol–water partition coefficient (Wildman–Crippen LogP) is 2.62. The van der Waals surface area contributed by atoms with Crippen molar-refractivity contribution < 1.29 is 14.7 Å². The molecule has 0 aromatic carbocycles. The molecule has 1 saturated heterocycles. The van der Waals surface area contributed by atoms with Crippen LogP contribution in [-0.4, -0.2) is 46.5 Å². The molecule has 5 heteroatoms. The molecule has 0 unspecified atom stereocenters. The Balaban J connectivity index is 2.14. The summed E-state index contributed by atoms with van der Waals surface area (Å²) in [5.74, 6) is 1.67. The summed E-state index contributed by atoms with van der Waals surface area (Å²) in [4.78, 5) is 24.4. The van der Waals surface area contributed by atoms with E-state index in [2.05, 4.69) is 6.92 Å². The minimum atomic E-state index is -0.717. The van der Waals surface area contributed by atoms with Crippen molar-refractivity contribution in [1.29, 1.82) is 0 Å². The van der Waals surface area contributed by atoms with Gasteiger partial charge in [-0.2, -0.15) is 11.8 Å². The van der Waals surface area contributed by atoms with E-state index in [1.54, 1.807) is 11.8 Å². The number of rotatable bonds is 8. The van der Waals surface area contributed by atoms with Gasteiger partial charge in [-0.3, -0.25) is 9.59 Å². The van der Waals surface area contributed by atoms with Gasteiger partial charge in [0.15, 0.2) is 0 Å². The van der Waals surface area contributed by atoms with E-state index in [0.29, 0.717) is 11.7 Å². The summed E-state index contributed by atoms with van der Waals surface area (Å²) in [6.07, 6.45) is 5.27. The smallest absolute Gasteiger partial charge is 0.303 e. The number of carbonyl (C=O) groups is 2. The number of carboxylic acid groups (broad SMARTS) is 1. The topological polar surface area (TPSA) is 57.6 Å². The van der Waals surface area contributed by atoms with Crippen molar-refractivity contribution in [1.82, 2.24) is 4.90 Å². The van der Waals surface area contributed by atoms with Crippen LogP contribution < -0.4 is 0 Å². The first-order chi connectivity index (χ1) is 9.13. The van der Waals surface area contributed by atoms with E-state index in [9.17, 15) is 9.59 Å². The number of aliphatic carboxylic acids is 1. The molecule has 0 aromatic heterocycles. The Morgan fingerprint density at radius 1 is 1.32 bits per heavy atom. The molecule has 1 fully saturated rings. The standard InChI is InChI=1S/C14H25NO3S/c1-2-3-10-19-11-13(16)15-8-6-12(7-9-15)4-5-14(17)18/h12H,2-11H2,1H3,(H,17,18). The molecule has 110 valence electrons. The van der Waals surface area contributed by atoms with E-state index in [0.717, 1.165) is 38.1 Å². The van der Waals surface area contributed by atoms with Crippen molar-refractivity contribution in [2.75, 3.05) is 24.6 Å². The molecule has 0 aliphatic carbocycles. The summed E-state index contributed by atoms with van der Waals surface area (Å²) in [5.41, 5.74) is 0. The fourth-order valence-electron chi connectivity index (χ4n) is 2.30. The summed E-state index contributed by atoms with van der Waals surface area (Å²) >= 11 is 1.73. The lowest BCUT2D eigenvalue weighted by atomic mass is 9.92. The van der Waals surface area contributed by atoms with Gasteiger partial charge in [0.25, 0.3) is 0 Å². The summed E-state index contributed by atoms with van der Waals surface area (Å²) in [5, 5.41) is 8.66. The largest absolute Gasteiger partial charge is 0.481 e. The third kappa shape index (κ3) is 6.85. The van der Waals surface area contributed by atoms with Gasteiger partial charge in [-0.1, -0.05) is 13.3 Å². The van der Waals surface area contributed by atoms with Crippen LogP contribution in [0.2, 0.25) is 0 Å². The van der Waals surface area contributed by atoms with E-state index in [-0.39, 0.29) is 12.3 Å². The maximum Gasteiger partial charge on any atom is 0.303 e. The number of unbranched alkanes of at least 4 members (excludes halogenated alkanes) is 1. The monoisotopic (exact) mass is 287 g/mol. The second kappa shape index (κ2) is 9.23. The number of amides is 1. The SMILES string of the molecule is CCCCSCC(=O)N1CCC(CCC(=O)O)CC1. The number of hydrogen-bond donors (Lipinski definition) is 1.